The van der Waals surface area contributed by atoms with Gasteiger partial charge in [-0.05, 0) is 13.0 Å². The molecule has 1 aromatic heterocycles. The lowest BCUT2D eigenvalue weighted by Gasteiger charge is -1.99. The van der Waals surface area contributed by atoms with E-state index < -0.39 is 0 Å². The van der Waals surface area contributed by atoms with Crippen LogP contribution in [0, 0.1) is 6.92 Å². The average molecular weight is 126 g/mol. The van der Waals surface area contributed by atoms with Crippen LogP contribution in [0.3, 0.4) is 0 Å². The smallest absolute Gasteiger partial charge is 0.104 e. The Bertz CT molecular complexity index is 205. The third kappa shape index (κ3) is 0.988. The summed E-state index contributed by atoms with van der Waals surface area (Å²) in [5.74, 6) is 0. The molecule has 0 saturated carbocycles. The predicted molar refractivity (Wildman–Crippen MR) is 36.1 cm³/mol. The summed E-state index contributed by atoms with van der Waals surface area (Å²) in [7, 11) is 1.60. The summed E-state index contributed by atoms with van der Waals surface area (Å²) in [6.45, 7) is 1.93. The molecule has 0 aromatic carbocycles. The Hall–Kier alpha value is -1.12. The van der Waals surface area contributed by atoms with E-state index in [-0.39, 0.29) is 0 Å². The molecular formula is C6H10N2O. The Morgan fingerprint density at radius 1 is 1.67 bits per heavy atom. The summed E-state index contributed by atoms with van der Waals surface area (Å²) in [5.41, 5.74) is 7.19. The predicted octanol–water partition coefficient (Wildman–Crippen LogP) is 0.437. The van der Waals surface area contributed by atoms with Gasteiger partial charge in [0.1, 0.15) is 7.11 Å². The van der Waals surface area contributed by atoms with Crippen LogP contribution < -0.4 is 10.6 Å². The van der Waals surface area contributed by atoms with Crippen molar-refractivity contribution in [3.05, 3.63) is 18.0 Å². The third-order valence-corrected chi connectivity index (χ3v) is 1.19. The van der Waals surface area contributed by atoms with E-state index in [9.17, 15) is 0 Å². The highest BCUT2D eigenvalue weighted by molar-refractivity contribution is 5.37. The van der Waals surface area contributed by atoms with Crippen LogP contribution in [0.5, 0.6) is 0 Å². The van der Waals surface area contributed by atoms with Gasteiger partial charge in [0.05, 0.1) is 17.6 Å². The first-order valence-electron chi connectivity index (χ1n) is 2.73. The maximum Gasteiger partial charge on any atom is 0.104 e. The van der Waals surface area contributed by atoms with E-state index in [1.807, 2.05) is 13.0 Å². The van der Waals surface area contributed by atoms with Crippen molar-refractivity contribution < 1.29 is 4.84 Å². The monoisotopic (exact) mass is 126 g/mol. The summed E-state index contributed by atoms with van der Waals surface area (Å²) < 4.78 is 1.62. The lowest BCUT2D eigenvalue weighted by molar-refractivity contribution is 0.163. The fourth-order valence-corrected chi connectivity index (χ4v) is 0.776. The van der Waals surface area contributed by atoms with E-state index in [1.165, 1.54) is 0 Å². The van der Waals surface area contributed by atoms with E-state index in [4.69, 9.17) is 10.6 Å². The van der Waals surface area contributed by atoms with Crippen molar-refractivity contribution in [1.82, 2.24) is 4.73 Å². The van der Waals surface area contributed by atoms with Crippen molar-refractivity contribution in [2.24, 2.45) is 0 Å². The Morgan fingerprint density at radius 2 is 2.33 bits per heavy atom. The molecule has 0 bridgehead atoms. The van der Waals surface area contributed by atoms with Crippen LogP contribution >= 0.6 is 0 Å². The van der Waals surface area contributed by atoms with E-state index in [0.717, 1.165) is 11.4 Å². The first-order chi connectivity index (χ1) is 4.24. The Labute approximate surface area is 54.0 Å². The minimum absolute atomic E-state index is 0.731. The lowest BCUT2D eigenvalue weighted by atomic mass is 10.5. The van der Waals surface area contributed by atoms with Crippen molar-refractivity contribution in [2.45, 2.75) is 6.92 Å². The zero-order chi connectivity index (χ0) is 6.85. The van der Waals surface area contributed by atoms with Gasteiger partial charge in [-0.15, -0.1) is 0 Å². The number of nitrogens with two attached hydrogens (primary N) is 1. The molecule has 0 spiro atoms. The van der Waals surface area contributed by atoms with Crippen LogP contribution in [-0.4, -0.2) is 11.8 Å². The van der Waals surface area contributed by atoms with Gasteiger partial charge in [-0.1, -0.05) is 0 Å². The molecule has 0 aliphatic rings. The molecular weight excluding hydrogens is 116 g/mol. The number of nitrogen functional groups attached to an aromatic ring is 1. The SMILES string of the molecule is COn1cc(N)cc1C. The van der Waals surface area contributed by atoms with Gasteiger partial charge in [0.15, 0.2) is 0 Å². The minimum Gasteiger partial charge on any atom is -0.417 e. The van der Waals surface area contributed by atoms with Gasteiger partial charge >= 0.3 is 0 Å². The lowest BCUT2D eigenvalue weighted by Crippen LogP contribution is -2.04. The summed E-state index contributed by atoms with van der Waals surface area (Å²) in [4.78, 5) is 4.90. The van der Waals surface area contributed by atoms with Crippen LogP contribution in [0.15, 0.2) is 12.3 Å². The maximum absolute atomic E-state index is 5.45. The molecule has 0 aliphatic heterocycles. The average Bonchev–Trinajstić information content (AvgIpc) is 2.10. The molecule has 0 radical (unpaired) electrons. The zero-order valence-electron chi connectivity index (χ0n) is 5.59. The van der Waals surface area contributed by atoms with Gasteiger partial charge in [0, 0.05) is 0 Å². The van der Waals surface area contributed by atoms with Crippen molar-refractivity contribution >= 4 is 5.69 Å². The fourth-order valence-electron chi connectivity index (χ4n) is 0.776. The number of aromatic nitrogens is 1. The van der Waals surface area contributed by atoms with Gasteiger partial charge in [-0.25, -0.2) is 0 Å². The molecule has 0 amide bonds. The molecule has 1 rings (SSSR count). The van der Waals surface area contributed by atoms with Gasteiger partial charge < -0.3 is 10.6 Å². The second-order valence-corrected chi connectivity index (χ2v) is 1.92. The second kappa shape index (κ2) is 2.01. The van der Waals surface area contributed by atoms with Gasteiger partial charge in [-0.2, -0.15) is 4.73 Å². The van der Waals surface area contributed by atoms with Crippen LogP contribution in [0.1, 0.15) is 5.69 Å². The molecule has 0 saturated heterocycles. The van der Waals surface area contributed by atoms with Crippen LogP contribution in [0.25, 0.3) is 0 Å². The van der Waals surface area contributed by atoms with Crippen molar-refractivity contribution in [3.63, 3.8) is 0 Å². The highest BCUT2D eigenvalue weighted by atomic mass is 16.6. The number of nitrogens with zero attached hydrogens (tertiary/aromatic N) is 1. The van der Waals surface area contributed by atoms with Crippen LogP contribution in [-0.2, 0) is 0 Å². The molecule has 0 unspecified atom stereocenters. The van der Waals surface area contributed by atoms with Crippen molar-refractivity contribution in [3.8, 4) is 0 Å². The summed E-state index contributed by atoms with van der Waals surface area (Å²) in [6, 6.07) is 1.85. The summed E-state index contributed by atoms with van der Waals surface area (Å²) in [6.07, 6.45) is 1.73. The number of hydrogen-bond donors (Lipinski definition) is 1. The normalized spacial score (nSPS) is 9.56. The van der Waals surface area contributed by atoms with Crippen molar-refractivity contribution in [2.75, 3.05) is 12.8 Å². The minimum atomic E-state index is 0.731. The van der Waals surface area contributed by atoms with E-state index in [2.05, 4.69) is 0 Å². The highest BCUT2D eigenvalue weighted by Crippen LogP contribution is 2.05. The van der Waals surface area contributed by atoms with E-state index in [1.54, 1.807) is 18.0 Å². The molecule has 0 atom stereocenters. The van der Waals surface area contributed by atoms with E-state index >= 15 is 0 Å². The number of rotatable bonds is 1. The number of hydrogen-bond acceptors (Lipinski definition) is 2. The zero-order valence-corrected chi connectivity index (χ0v) is 5.59. The second-order valence-electron chi connectivity index (χ2n) is 1.92. The molecule has 50 valence electrons. The van der Waals surface area contributed by atoms with Crippen LogP contribution in [0.2, 0.25) is 0 Å². The number of anilines is 1. The molecule has 1 aromatic rings. The van der Waals surface area contributed by atoms with E-state index in [0.29, 0.717) is 0 Å². The quantitative estimate of drug-likeness (QED) is 0.593. The van der Waals surface area contributed by atoms with Gasteiger partial charge in [0.25, 0.3) is 0 Å². The maximum atomic E-state index is 5.45. The first kappa shape index (κ1) is 6.01. The molecule has 9 heavy (non-hydrogen) atoms. The fraction of sp³-hybridized carbons (Fsp3) is 0.333. The van der Waals surface area contributed by atoms with Gasteiger partial charge in [-0.3, -0.25) is 0 Å². The largest absolute Gasteiger partial charge is 0.417 e. The third-order valence-electron chi connectivity index (χ3n) is 1.19. The molecule has 0 fully saturated rings. The standard InChI is InChI=1S/C6H10N2O/c1-5-3-6(7)4-8(5)9-2/h3-4H,7H2,1-2H3. The topological polar surface area (TPSA) is 40.2 Å². The van der Waals surface area contributed by atoms with Crippen LogP contribution in [0.4, 0.5) is 5.69 Å². The molecule has 3 nitrogen and oxygen atoms in total. The summed E-state index contributed by atoms with van der Waals surface area (Å²) >= 11 is 0. The molecule has 1 heterocycles. The first-order valence-corrected chi connectivity index (χ1v) is 2.73. The van der Waals surface area contributed by atoms with Crippen molar-refractivity contribution in [1.29, 1.82) is 0 Å². The number of aryl methyl sites for hydroxylation is 1. The summed E-state index contributed by atoms with van der Waals surface area (Å²) in [5, 5.41) is 0. The highest BCUT2D eigenvalue weighted by Gasteiger charge is 1.95. The molecule has 0 aliphatic carbocycles. The molecule has 2 N–H and O–H groups in total. The van der Waals surface area contributed by atoms with Gasteiger partial charge in [0.2, 0.25) is 0 Å². The Morgan fingerprint density at radius 3 is 2.56 bits per heavy atom. The Balaban J connectivity index is 3.01. The Kier molecular flexibility index (Phi) is 1.34. The molecule has 3 heteroatoms.